The predicted molar refractivity (Wildman–Crippen MR) is 242 cm³/mol. The first kappa shape index (κ1) is 53.0. The molecular weight excluding hydrogens is 918 g/mol. The molecule has 0 spiro atoms. The second-order valence-corrected chi connectivity index (χ2v) is 22.3. The quantitative estimate of drug-likeness (QED) is 0.0581. The fraction of sp³-hybridized carbons (Fsp3) is 0.643. The number of amides is 3. The summed E-state index contributed by atoms with van der Waals surface area (Å²) in [4.78, 5) is 68.5. The van der Waals surface area contributed by atoms with Gasteiger partial charge in [-0.2, -0.15) is 8.42 Å². The molecule has 9 atom stereocenters. The highest BCUT2D eigenvalue weighted by Gasteiger charge is 2.64. The number of rotatable bonds is 15. The summed E-state index contributed by atoms with van der Waals surface area (Å²) < 4.78 is 60.8. The summed E-state index contributed by atoms with van der Waals surface area (Å²) in [7, 11) is 3.61. The molecule has 3 amide bonds. The number of anilines is 1. The van der Waals surface area contributed by atoms with Gasteiger partial charge in [-0.3, -0.25) is 24.3 Å². The number of alkyl carbamates (subject to hydrolysis) is 1. The van der Waals surface area contributed by atoms with Crippen LogP contribution in [0, 0.1) is 5.92 Å². The van der Waals surface area contributed by atoms with E-state index in [0.29, 0.717) is 24.3 Å². The van der Waals surface area contributed by atoms with Crippen LogP contribution in [0.15, 0.2) is 35.9 Å². The molecule has 0 radical (unpaired) electrons. The second-order valence-electron chi connectivity index (χ2n) is 17.2. The van der Waals surface area contributed by atoms with Gasteiger partial charge in [0.15, 0.2) is 11.0 Å². The number of nitrogens with zero attached hydrogens (tertiary/aromatic N) is 2. The number of carbonyl (C=O) groups is 5. The highest BCUT2D eigenvalue weighted by atomic mass is 35.5. The number of likely N-dealkylation sites (N-methyl/N-ethyl adjacent to an activating group) is 1. The predicted octanol–water partition coefficient (Wildman–Crippen LogP) is 5.19. The molecule has 3 heterocycles. The van der Waals surface area contributed by atoms with Gasteiger partial charge in [0.05, 0.1) is 25.3 Å². The largest absolute Gasteiger partial charge is 0.495 e. The summed E-state index contributed by atoms with van der Waals surface area (Å²) in [6, 6.07) is 2.39. The van der Waals surface area contributed by atoms with Gasteiger partial charge in [-0.25, -0.2) is 9.59 Å². The van der Waals surface area contributed by atoms with Crippen molar-refractivity contribution in [2.45, 2.75) is 132 Å². The van der Waals surface area contributed by atoms with Gasteiger partial charge in [0.2, 0.25) is 11.8 Å². The number of aliphatic hydroxyl groups is 1. The first-order chi connectivity index (χ1) is 29.7. The minimum Gasteiger partial charge on any atom is -0.495 e. The number of hydrogen-bond donors (Lipinski definition) is 4. The number of benzene rings is 1. The minimum absolute atomic E-state index is 0.00418. The van der Waals surface area contributed by atoms with Crippen molar-refractivity contribution < 1.29 is 70.8 Å². The van der Waals surface area contributed by atoms with E-state index in [9.17, 15) is 42.0 Å². The number of epoxide rings is 1. The van der Waals surface area contributed by atoms with Gasteiger partial charge in [0.1, 0.15) is 40.7 Å². The van der Waals surface area contributed by atoms with E-state index in [0.717, 1.165) is 11.1 Å². The van der Waals surface area contributed by atoms with Crippen molar-refractivity contribution in [1.82, 2.24) is 10.2 Å². The molecule has 64 heavy (non-hydrogen) atoms. The lowest BCUT2D eigenvalue weighted by atomic mass is 9.83. The Morgan fingerprint density at radius 1 is 1.20 bits per heavy atom. The molecule has 0 aromatic heterocycles. The molecular formula is C42H60ClN3O15S3. The maximum absolute atomic E-state index is 14.3. The second kappa shape index (κ2) is 21.4. The lowest BCUT2D eigenvalue weighted by molar-refractivity contribution is -0.162. The van der Waals surface area contributed by atoms with E-state index in [1.807, 2.05) is 26.8 Å². The van der Waals surface area contributed by atoms with Gasteiger partial charge in [-0.15, -0.1) is 0 Å². The summed E-state index contributed by atoms with van der Waals surface area (Å²) in [5, 5.41) is 21.7. The van der Waals surface area contributed by atoms with Crippen molar-refractivity contribution in [3.8, 4) is 5.75 Å². The lowest BCUT2D eigenvalue weighted by Crippen LogP contribution is -2.63. The van der Waals surface area contributed by atoms with Crippen molar-refractivity contribution in [2.24, 2.45) is 5.92 Å². The van der Waals surface area contributed by atoms with Gasteiger partial charge in [-0.05, 0) is 71.6 Å². The lowest BCUT2D eigenvalue weighted by Gasteiger charge is -2.42. The van der Waals surface area contributed by atoms with Crippen LogP contribution in [-0.2, 0) is 54.7 Å². The van der Waals surface area contributed by atoms with Crippen LogP contribution in [0.25, 0.3) is 0 Å². The molecule has 2 saturated heterocycles. The Bertz CT molecular complexity index is 2100. The number of allylic oxidation sites excluding steroid dienone is 3. The molecule has 18 nitrogen and oxygen atoms in total. The molecule has 4 N–H and O–H groups in total. The number of esters is 1. The molecule has 1 aromatic carbocycles. The van der Waals surface area contributed by atoms with Crippen LogP contribution in [0.2, 0.25) is 5.02 Å². The highest BCUT2D eigenvalue weighted by Crippen LogP contribution is 2.49. The number of ether oxygens (including phenoxy) is 5. The first-order valence-electron chi connectivity index (χ1n) is 20.5. The van der Waals surface area contributed by atoms with E-state index in [1.54, 1.807) is 38.1 Å². The maximum Gasteiger partial charge on any atom is 0.409 e. The van der Waals surface area contributed by atoms with Crippen molar-refractivity contribution in [1.29, 1.82) is 0 Å². The number of carbonyl (C=O) groups excluding carboxylic acids is 4. The fourth-order valence-corrected chi connectivity index (χ4v) is 11.4. The molecule has 22 heteroatoms. The number of hydrogen-bond acceptors (Lipinski definition) is 15. The molecule has 3 aliphatic heterocycles. The number of methoxy groups -OCH3 is 2. The van der Waals surface area contributed by atoms with Crippen LogP contribution in [0.3, 0.4) is 0 Å². The van der Waals surface area contributed by atoms with Crippen molar-refractivity contribution in [2.75, 3.05) is 39.0 Å². The van der Waals surface area contributed by atoms with E-state index >= 15 is 0 Å². The fourth-order valence-electron chi connectivity index (χ4n) is 7.60. The number of carboxylic acid groups (broad SMARTS) is 1. The molecule has 0 aliphatic carbocycles. The van der Waals surface area contributed by atoms with Crippen molar-refractivity contribution >= 4 is 78.8 Å². The number of nitrogens with one attached hydrogen (secondary N) is 1. The van der Waals surface area contributed by atoms with E-state index < -0.39 is 97.7 Å². The Hall–Kier alpha value is -3.57. The molecule has 4 bridgehead atoms. The summed E-state index contributed by atoms with van der Waals surface area (Å²) in [6.07, 6.45) is 0.374. The SMILES string of the molecule is COc1cc2cc(c1Cl)N(C)C(=O)CC(OC(=O)C(C)N(C)C(=O)CCC(C)(C)SSCCC(C(=O)O)S(=O)(=O)O)C1(C)OC1C(C)C1CC(O)(NC(=O)O1)C(OC)/C=C\C=C(\C)C2. The van der Waals surface area contributed by atoms with E-state index in [4.69, 9.17) is 40.4 Å². The Balaban J connectivity index is 1.58. The summed E-state index contributed by atoms with van der Waals surface area (Å²) in [6.45, 7) is 10.5. The van der Waals surface area contributed by atoms with E-state index in [-0.39, 0.29) is 36.5 Å². The molecule has 0 saturated carbocycles. The van der Waals surface area contributed by atoms with Crippen LogP contribution < -0.4 is 15.0 Å². The number of fused-ring (bicyclic) bond motifs is 5. The standard InChI is InChI=1S/C42H60ClN3O15S3/c1-23-12-11-13-31(58-10)42(53)22-29(59-39(52)44-42)24(2)36-41(6,61-36)32(21-34(48)46(8)27-19-26(18-23)20-28(57-9)35(27)43)60-38(51)25(3)45(7)33(47)14-16-40(4,5)63-62-17-15-30(37(49)50)64(54,55)56/h11-13,19-20,24-25,29-32,36,53H,14-18,21-22H2,1-10H3,(H,44,52)(H,49,50)(H,54,55,56)/b13-11-,23-12-. The number of aliphatic carboxylic acids is 1. The van der Waals surface area contributed by atoms with E-state index in [2.05, 4.69) is 5.32 Å². The summed E-state index contributed by atoms with van der Waals surface area (Å²) in [5.41, 5.74) is -1.19. The number of carboxylic acids is 1. The third-order valence-electron chi connectivity index (χ3n) is 11.8. The molecule has 2 fully saturated rings. The Labute approximate surface area is 387 Å². The first-order valence-corrected chi connectivity index (χ1v) is 24.7. The van der Waals surface area contributed by atoms with Crippen LogP contribution in [0.1, 0.15) is 79.2 Å². The normalized spacial score (nSPS) is 28.9. The van der Waals surface area contributed by atoms with Gasteiger partial charge in [0.25, 0.3) is 10.1 Å². The third kappa shape index (κ3) is 13.1. The Morgan fingerprint density at radius 2 is 1.88 bits per heavy atom. The highest BCUT2D eigenvalue weighted by molar-refractivity contribution is 8.77. The summed E-state index contributed by atoms with van der Waals surface area (Å²) >= 11 is 6.78. The van der Waals surface area contributed by atoms with Gasteiger partial charge >= 0.3 is 18.0 Å². The van der Waals surface area contributed by atoms with Crippen LogP contribution in [0.4, 0.5) is 10.5 Å². The minimum atomic E-state index is -4.77. The maximum atomic E-state index is 14.3. The van der Waals surface area contributed by atoms with Gasteiger partial charge < -0.3 is 43.7 Å². The molecule has 4 rings (SSSR count). The third-order valence-corrected chi connectivity index (χ3v) is 16.8. The molecule has 9 unspecified atom stereocenters. The Morgan fingerprint density at radius 3 is 2.48 bits per heavy atom. The zero-order valence-electron chi connectivity index (χ0n) is 37.6. The average Bonchev–Trinajstić information content (AvgIpc) is 3.91. The monoisotopic (exact) mass is 977 g/mol. The Kier molecular flexibility index (Phi) is 17.7. The van der Waals surface area contributed by atoms with Crippen molar-refractivity contribution in [3.63, 3.8) is 0 Å². The van der Waals surface area contributed by atoms with Crippen LogP contribution >= 0.6 is 33.2 Å². The summed E-state index contributed by atoms with van der Waals surface area (Å²) in [5.74, 6) is -3.53. The van der Waals surface area contributed by atoms with E-state index in [1.165, 1.54) is 66.6 Å². The number of halogens is 1. The van der Waals surface area contributed by atoms with Crippen LogP contribution in [-0.4, -0.2) is 144 Å². The van der Waals surface area contributed by atoms with Crippen LogP contribution in [0.5, 0.6) is 5.75 Å². The zero-order valence-corrected chi connectivity index (χ0v) is 40.8. The topological polar surface area (TPSA) is 248 Å². The van der Waals surface area contributed by atoms with Crippen molar-refractivity contribution in [3.05, 3.63) is 46.5 Å². The molecule has 358 valence electrons. The average molecular weight is 979 g/mol. The molecule has 3 aliphatic rings. The van der Waals surface area contributed by atoms with Gasteiger partial charge in [-0.1, -0.05) is 63.9 Å². The molecule has 1 aromatic rings. The van der Waals surface area contributed by atoms with Gasteiger partial charge in [0, 0.05) is 50.5 Å². The smallest absolute Gasteiger partial charge is 0.409 e. The zero-order chi connectivity index (χ0) is 48.1.